The fourth-order valence-electron chi connectivity index (χ4n) is 1.76. The Kier molecular flexibility index (Phi) is 2.56. The van der Waals surface area contributed by atoms with Crippen molar-refractivity contribution in [3.05, 3.63) is 30.0 Å². The van der Waals surface area contributed by atoms with Crippen LogP contribution in [0.3, 0.4) is 0 Å². The van der Waals surface area contributed by atoms with Crippen LogP contribution in [0.1, 0.15) is 5.69 Å². The number of rotatable bonds is 2. The molecule has 2 rings (SSSR count). The van der Waals surface area contributed by atoms with Crippen LogP contribution < -0.4 is 4.74 Å². The smallest absolute Gasteiger partial charge is 0.217 e. The van der Waals surface area contributed by atoms with Crippen LogP contribution in [0, 0.1) is 6.92 Å². The van der Waals surface area contributed by atoms with Gasteiger partial charge >= 0.3 is 0 Å². The standard InChI is InChI=1S/C12H14N2O2/c1-8-11(12(15)14(2)13-8)9-5-4-6-10(7-9)16-3/h4-7,15H,1-3H3. The fraction of sp³-hybridized carbons (Fsp3) is 0.250. The van der Waals surface area contributed by atoms with Gasteiger partial charge in [-0.05, 0) is 24.6 Å². The molecule has 0 saturated heterocycles. The van der Waals surface area contributed by atoms with Gasteiger partial charge in [0.15, 0.2) is 0 Å². The van der Waals surface area contributed by atoms with Crippen LogP contribution in [0.5, 0.6) is 11.6 Å². The summed E-state index contributed by atoms with van der Waals surface area (Å²) in [5.41, 5.74) is 2.46. The number of ether oxygens (including phenoxy) is 1. The van der Waals surface area contributed by atoms with Gasteiger partial charge < -0.3 is 9.84 Å². The molecule has 0 amide bonds. The van der Waals surface area contributed by atoms with E-state index in [2.05, 4.69) is 5.10 Å². The van der Waals surface area contributed by atoms with Crippen LogP contribution in [0.4, 0.5) is 0 Å². The predicted octanol–water partition coefficient (Wildman–Crippen LogP) is 2.11. The molecule has 0 spiro atoms. The largest absolute Gasteiger partial charge is 0.497 e. The molecule has 0 fully saturated rings. The lowest BCUT2D eigenvalue weighted by molar-refractivity contribution is 0.414. The van der Waals surface area contributed by atoms with Gasteiger partial charge in [0.2, 0.25) is 5.88 Å². The van der Waals surface area contributed by atoms with Crippen LogP contribution in [0.15, 0.2) is 24.3 Å². The third-order valence-corrected chi connectivity index (χ3v) is 2.55. The van der Waals surface area contributed by atoms with Gasteiger partial charge in [-0.15, -0.1) is 0 Å². The molecule has 4 heteroatoms. The normalized spacial score (nSPS) is 10.4. The summed E-state index contributed by atoms with van der Waals surface area (Å²) >= 11 is 0. The number of hydrogen-bond donors (Lipinski definition) is 1. The molecule has 1 heterocycles. The Hall–Kier alpha value is -1.97. The maximum Gasteiger partial charge on any atom is 0.217 e. The number of hydrogen-bond acceptors (Lipinski definition) is 3. The second-order valence-electron chi connectivity index (χ2n) is 3.64. The van der Waals surface area contributed by atoms with Gasteiger partial charge in [0.05, 0.1) is 18.4 Å². The van der Waals surface area contributed by atoms with E-state index >= 15 is 0 Å². The van der Waals surface area contributed by atoms with E-state index < -0.39 is 0 Å². The minimum absolute atomic E-state index is 0.172. The molecule has 0 atom stereocenters. The highest BCUT2D eigenvalue weighted by atomic mass is 16.5. The molecular weight excluding hydrogens is 204 g/mol. The van der Waals surface area contributed by atoms with E-state index in [1.54, 1.807) is 14.2 Å². The molecule has 0 radical (unpaired) electrons. The number of methoxy groups -OCH3 is 1. The Bertz CT molecular complexity index is 518. The van der Waals surface area contributed by atoms with Crippen LogP contribution in [0.2, 0.25) is 0 Å². The van der Waals surface area contributed by atoms with E-state index in [0.717, 1.165) is 22.6 Å². The number of nitrogens with zero attached hydrogens (tertiary/aromatic N) is 2. The second-order valence-corrected chi connectivity index (χ2v) is 3.64. The Morgan fingerprint density at radius 3 is 2.69 bits per heavy atom. The number of aromatic hydroxyl groups is 1. The third-order valence-electron chi connectivity index (χ3n) is 2.55. The van der Waals surface area contributed by atoms with E-state index in [4.69, 9.17) is 4.74 Å². The van der Waals surface area contributed by atoms with Crippen LogP contribution in [0.25, 0.3) is 11.1 Å². The van der Waals surface area contributed by atoms with Crippen molar-refractivity contribution in [3.63, 3.8) is 0 Å². The molecule has 1 aromatic carbocycles. The Morgan fingerprint density at radius 2 is 2.12 bits per heavy atom. The summed E-state index contributed by atoms with van der Waals surface area (Å²) in [6.45, 7) is 1.87. The van der Waals surface area contributed by atoms with Gasteiger partial charge in [-0.1, -0.05) is 12.1 Å². The number of aromatic nitrogens is 2. The maximum atomic E-state index is 9.90. The van der Waals surface area contributed by atoms with Crippen molar-refractivity contribution in [3.8, 4) is 22.8 Å². The van der Waals surface area contributed by atoms with Gasteiger partial charge in [0.1, 0.15) is 5.75 Å². The first kappa shape index (κ1) is 10.5. The minimum Gasteiger partial charge on any atom is -0.497 e. The molecule has 4 nitrogen and oxygen atoms in total. The summed E-state index contributed by atoms with van der Waals surface area (Å²) in [4.78, 5) is 0. The topological polar surface area (TPSA) is 47.3 Å². The van der Waals surface area contributed by atoms with Crippen molar-refractivity contribution in [2.45, 2.75) is 6.92 Å². The second kappa shape index (κ2) is 3.89. The molecule has 1 aromatic heterocycles. The maximum absolute atomic E-state index is 9.90. The average molecular weight is 218 g/mol. The van der Waals surface area contributed by atoms with Crippen molar-refractivity contribution >= 4 is 0 Å². The van der Waals surface area contributed by atoms with Gasteiger partial charge in [0.25, 0.3) is 0 Å². The van der Waals surface area contributed by atoms with Gasteiger partial charge in [0, 0.05) is 7.05 Å². The quantitative estimate of drug-likeness (QED) is 0.839. The zero-order valence-corrected chi connectivity index (χ0v) is 9.56. The Morgan fingerprint density at radius 1 is 1.38 bits per heavy atom. The molecule has 0 saturated carbocycles. The van der Waals surface area contributed by atoms with Gasteiger partial charge in [-0.3, -0.25) is 0 Å². The SMILES string of the molecule is COc1cccc(-c2c(C)nn(C)c2O)c1. The zero-order valence-electron chi connectivity index (χ0n) is 9.56. The molecule has 0 bridgehead atoms. The lowest BCUT2D eigenvalue weighted by atomic mass is 10.1. The summed E-state index contributed by atoms with van der Waals surface area (Å²) < 4.78 is 6.62. The van der Waals surface area contributed by atoms with E-state index in [9.17, 15) is 5.11 Å². The fourth-order valence-corrected chi connectivity index (χ4v) is 1.76. The summed E-state index contributed by atoms with van der Waals surface area (Å²) in [6, 6.07) is 7.56. The van der Waals surface area contributed by atoms with E-state index in [-0.39, 0.29) is 5.88 Å². The monoisotopic (exact) mass is 218 g/mol. The zero-order chi connectivity index (χ0) is 11.7. The van der Waals surface area contributed by atoms with Crippen LogP contribution in [-0.4, -0.2) is 22.0 Å². The molecule has 2 aromatic rings. The first-order valence-electron chi connectivity index (χ1n) is 5.00. The molecular formula is C12H14N2O2. The Balaban J connectivity index is 2.58. The first-order chi connectivity index (χ1) is 7.63. The molecule has 84 valence electrons. The molecule has 0 aliphatic rings. The molecule has 0 aliphatic carbocycles. The molecule has 1 N–H and O–H groups in total. The van der Waals surface area contributed by atoms with E-state index in [0.29, 0.717) is 0 Å². The van der Waals surface area contributed by atoms with Gasteiger partial charge in [-0.25, -0.2) is 4.68 Å². The third kappa shape index (κ3) is 1.62. The van der Waals surface area contributed by atoms with Crippen molar-refractivity contribution in [2.24, 2.45) is 7.05 Å². The number of benzene rings is 1. The molecule has 16 heavy (non-hydrogen) atoms. The number of aryl methyl sites for hydroxylation is 2. The molecule has 0 aliphatic heterocycles. The summed E-state index contributed by atoms with van der Waals surface area (Å²) in [5.74, 6) is 0.936. The average Bonchev–Trinajstić information content (AvgIpc) is 2.53. The van der Waals surface area contributed by atoms with E-state index in [1.165, 1.54) is 4.68 Å². The van der Waals surface area contributed by atoms with Gasteiger partial charge in [-0.2, -0.15) is 5.10 Å². The first-order valence-corrected chi connectivity index (χ1v) is 5.00. The Labute approximate surface area is 94.1 Å². The predicted molar refractivity (Wildman–Crippen MR) is 61.6 cm³/mol. The highest BCUT2D eigenvalue weighted by Crippen LogP contribution is 2.33. The van der Waals surface area contributed by atoms with Crippen molar-refractivity contribution in [1.29, 1.82) is 0 Å². The minimum atomic E-state index is 0.172. The van der Waals surface area contributed by atoms with E-state index in [1.807, 2.05) is 31.2 Å². The lowest BCUT2D eigenvalue weighted by Gasteiger charge is -2.04. The highest BCUT2D eigenvalue weighted by molar-refractivity contribution is 5.72. The van der Waals surface area contributed by atoms with Crippen LogP contribution in [-0.2, 0) is 7.05 Å². The van der Waals surface area contributed by atoms with Crippen molar-refractivity contribution < 1.29 is 9.84 Å². The van der Waals surface area contributed by atoms with Crippen LogP contribution >= 0.6 is 0 Å². The summed E-state index contributed by atoms with van der Waals surface area (Å²) in [7, 11) is 3.33. The lowest BCUT2D eigenvalue weighted by Crippen LogP contribution is -1.88. The van der Waals surface area contributed by atoms with Crippen molar-refractivity contribution in [2.75, 3.05) is 7.11 Å². The van der Waals surface area contributed by atoms with Crippen molar-refractivity contribution in [1.82, 2.24) is 9.78 Å². The summed E-state index contributed by atoms with van der Waals surface area (Å²) in [5, 5.41) is 14.1. The summed E-state index contributed by atoms with van der Waals surface area (Å²) in [6.07, 6.45) is 0. The highest BCUT2D eigenvalue weighted by Gasteiger charge is 2.14. The molecule has 0 unspecified atom stereocenters.